The molecule has 0 amide bonds. The van der Waals surface area contributed by atoms with Crippen molar-refractivity contribution < 1.29 is 23.4 Å². The molecule has 1 unspecified atom stereocenters. The Morgan fingerprint density at radius 3 is 2.29 bits per heavy atom. The lowest BCUT2D eigenvalue weighted by molar-refractivity contribution is -0.137. The number of phenolic OH excluding ortho intramolecular Hbond substituents is 1. The predicted octanol–water partition coefficient (Wildman–Crippen LogP) is 2.22. The fourth-order valence-corrected chi connectivity index (χ4v) is 1.33. The number of benzene rings is 1. The average Bonchev–Trinajstić information content (AvgIpc) is 2.16. The minimum Gasteiger partial charge on any atom is -0.508 e. The quantitative estimate of drug-likeness (QED) is 0.790. The van der Waals surface area contributed by atoms with Gasteiger partial charge in [0.25, 0.3) is 0 Å². The van der Waals surface area contributed by atoms with Gasteiger partial charge in [0.05, 0.1) is 5.56 Å². The van der Waals surface area contributed by atoms with Gasteiger partial charge in [-0.25, -0.2) is 0 Å². The van der Waals surface area contributed by atoms with Crippen molar-refractivity contribution in [2.45, 2.75) is 18.6 Å². The predicted molar refractivity (Wildman–Crippen MR) is 59.0 cm³/mol. The molecule has 17 heavy (non-hydrogen) atoms. The van der Waals surface area contributed by atoms with Gasteiger partial charge >= 0.3 is 6.18 Å². The van der Waals surface area contributed by atoms with Crippen LogP contribution < -0.4 is 5.73 Å². The van der Waals surface area contributed by atoms with Crippen LogP contribution in [0.1, 0.15) is 23.6 Å². The molecule has 1 aromatic rings. The van der Waals surface area contributed by atoms with E-state index >= 15 is 0 Å². The maximum absolute atomic E-state index is 12.3. The Kier molecular flexibility index (Phi) is 5.74. The Bertz CT molecular complexity index is 371. The van der Waals surface area contributed by atoms with Gasteiger partial charge in [0.1, 0.15) is 5.75 Å². The molecular weight excluding hydrogens is 259 g/mol. The highest BCUT2D eigenvalue weighted by Crippen LogP contribution is 2.34. The van der Waals surface area contributed by atoms with Crippen LogP contribution in [0.15, 0.2) is 18.2 Å². The summed E-state index contributed by atoms with van der Waals surface area (Å²) in [5.74, 6) is -0.504. The summed E-state index contributed by atoms with van der Waals surface area (Å²) < 4.78 is 36.8. The third-order valence-corrected chi connectivity index (χ3v) is 2.20. The van der Waals surface area contributed by atoms with E-state index in [0.717, 1.165) is 12.1 Å². The van der Waals surface area contributed by atoms with Crippen LogP contribution in [0.5, 0.6) is 5.75 Å². The highest BCUT2D eigenvalue weighted by molar-refractivity contribution is 5.85. The molecule has 4 N–H and O–H groups in total. The first kappa shape index (κ1) is 16.0. The van der Waals surface area contributed by atoms with Gasteiger partial charge in [-0.05, 0) is 18.6 Å². The minimum atomic E-state index is -4.49. The van der Waals surface area contributed by atoms with Gasteiger partial charge in [-0.1, -0.05) is 6.07 Å². The topological polar surface area (TPSA) is 66.5 Å². The van der Waals surface area contributed by atoms with Gasteiger partial charge in [0.15, 0.2) is 0 Å². The Morgan fingerprint density at radius 1 is 1.29 bits per heavy atom. The Hall–Kier alpha value is -0.980. The van der Waals surface area contributed by atoms with E-state index in [-0.39, 0.29) is 31.0 Å². The molecule has 7 heteroatoms. The van der Waals surface area contributed by atoms with Gasteiger partial charge in [-0.2, -0.15) is 13.2 Å². The zero-order chi connectivity index (χ0) is 12.3. The molecule has 0 saturated carbocycles. The first-order valence-corrected chi connectivity index (χ1v) is 4.63. The van der Waals surface area contributed by atoms with Crippen LogP contribution >= 0.6 is 12.4 Å². The number of nitrogens with two attached hydrogens (primary N) is 1. The van der Waals surface area contributed by atoms with E-state index < -0.39 is 23.5 Å². The van der Waals surface area contributed by atoms with E-state index in [1.54, 1.807) is 0 Å². The molecule has 0 spiro atoms. The zero-order valence-electron chi connectivity index (χ0n) is 8.74. The Labute approximate surface area is 102 Å². The van der Waals surface area contributed by atoms with Crippen LogP contribution in [0.2, 0.25) is 0 Å². The summed E-state index contributed by atoms with van der Waals surface area (Å²) in [6, 6.07) is 1.93. The fraction of sp³-hybridized carbons (Fsp3) is 0.400. The van der Waals surface area contributed by atoms with E-state index in [1.165, 1.54) is 0 Å². The number of aromatic hydroxyl groups is 1. The average molecular weight is 272 g/mol. The standard InChI is InChI=1S/C10H12F3NO2.ClH/c11-10(12,13)6-1-2-7(9(16)5-6)8(14)3-4-15;/h1-2,5,8,15-16H,3-4,14H2;1H. The lowest BCUT2D eigenvalue weighted by Gasteiger charge is -2.14. The lowest BCUT2D eigenvalue weighted by Crippen LogP contribution is -2.13. The fourth-order valence-electron chi connectivity index (χ4n) is 1.33. The van der Waals surface area contributed by atoms with Crippen molar-refractivity contribution in [1.29, 1.82) is 0 Å². The first-order valence-electron chi connectivity index (χ1n) is 4.63. The Morgan fingerprint density at radius 2 is 1.88 bits per heavy atom. The number of aliphatic hydroxyl groups is 1. The smallest absolute Gasteiger partial charge is 0.416 e. The second kappa shape index (κ2) is 6.09. The monoisotopic (exact) mass is 271 g/mol. The number of hydrogen-bond acceptors (Lipinski definition) is 3. The molecule has 0 saturated heterocycles. The van der Waals surface area contributed by atoms with Crippen LogP contribution in [-0.4, -0.2) is 16.8 Å². The number of halogens is 4. The molecule has 0 aliphatic carbocycles. The van der Waals surface area contributed by atoms with Crippen molar-refractivity contribution in [3.8, 4) is 5.75 Å². The molecule has 0 aliphatic rings. The number of phenols is 1. The number of hydrogen-bond donors (Lipinski definition) is 3. The number of aliphatic hydroxyl groups excluding tert-OH is 1. The van der Waals surface area contributed by atoms with Crippen molar-refractivity contribution in [3.63, 3.8) is 0 Å². The lowest BCUT2D eigenvalue weighted by atomic mass is 10.0. The number of alkyl halides is 3. The summed E-state index contributed by atoms with van der Waals surface area (Å²) in [5, 5.41) is 18.0. The molecule has 1 atom stereocenters. The van der Waals surface area contributed by atoms with Crippen molar-refractivity contribution in [2.24, 2.45) is 5.73 Å². The van der Waals surface area contributed by atoms with Crippen molar-refractivity contribution in [3.05, 3.63) is 29.3 Å². The third kappa shape index (κ3) is 4.07. The summed E-state index contributed by atoms with van der Waals surface area (Å²) in [4.78, 5) is 0. The molecule has 3 nitrogen and oxygen atoms in total. The van der Waals surface area contributed by atoms with Crippen molar-refractivity contribution >= 4 is 12.4 Å². The molecule has 98 valence electrons. The summed E-state index contributed by atoms with van der Waals surface area (Å²) in [7, 11) is 0. The minimum absolute atomic E-state index is 0. The molecule has 0 bridgehead atoms. The molecule has 0 heterocycles. The second-order valence-corrected chi connectivity index (χ2v) is 3.39. The molecular formula is C10H13ClF3NO2. The summed E-state index contributed by atoms with van der Waals surface area (Å²) in [5.41, 5.74) is 4.83. The highest BCUT2D eigenvalue weighted by Gasteiger charge is 2.31. The van der Waals surface area contributed by atoms with Crippen LogP contribution in [0.4, 0.5) is 13.2 Å². The van der Waals surface area contributed by atoms with E-state index in [1.807, 2.05) is 0 Å². The van der Waals surface area contributed by atoms with Crippen LogP contribution in [0.25, 0.3) is 0 Å². The van der Waals surface area contributed by atoms with E-state index in [2.05, 4.69) is 0 Å². The molecule has 1 rings (SSSR count). The molecule has 0 radical (unpaired) electrons. The van der Waals surface area contributed by atoms with E-state index in [0.29, 0.717) is 6.07 Å². The van der Waals surface area contributed by atoms with Crippen molar-refractivity contribution in [1.82, 2.24) is 0 Å². The molecule has 1 aromatic carbocycles. The zero-order valence-corrected chi connectivity index (χ0v) is 9.55. The van der Waals surface area contributed by atoms with Crippen LogP contribution in [0, 0.1) is 0 Å². The van der Waals surface area contributed by atoms with E-state index in [4.69, 9.17) is 10.8 Å². The van der Waals surface area contributed by atoms with Gasteiger partial charge in [-0.15, -0.1) is 12.4 Å². The molecule has 0 aromatic heterocycles. The SMILES string of the molecule is Cl.NC(CCO)c1ccc(C(F)(F)F)cc1O. The normalized spacial score (nSPS) is 13.0. The van der Waals surface area contributed by atoms with Crippen LogP contribution in [-0.2, 0) is 6.18 Å². The van der Waals surface area contributed by atoms with Crippen LogP contribution in [0.3, 0.4) is 0 Å². The first-order chi connectivity index (χ1) is 7.36. The highest BCUT2D eigenvalue weighted by atomic mass is 35.5. The van der Waals surface area contributed by atoms with Gasteiger partial charge in [0.2, 0.25) is 0 Å². The van der Waals surface area contributed by atoms with Gasteiger partial charge < -0.3 is 15.9 Å². The maximum Gasteiger partial charge on any atom is 0.416 e. The number of rotatable bonds is 3. The summed E-state index contributed by atoms with van der Waals surface area (Å²) in [6.45, 7) is -0.193. The van der Waals surface area contributed by atoms with Gasteiger partial charge in [0, 0.05) is 18.2 Å². The summed E-state index contributed by atoms with van der Waals surface area (Å²) in [6.07, 6.45) is -4.31. The summed E-state index contributed by atoms with van der Waals surface area (Å²) >= 11 is 0. The van der Waals surface area contributed by atoms with E-state index in [9.17, 15) is 18.3 Å². The second-order valence-electron chi connectivity index (χ2n) is 3.39. The van der Waals surface area contributed by atoms with Gasteiger partial charge in [-0.3, -0.25) is 0 Å². The Balaban J connectivity index is 0.00000256. The molecule has 0 fully saturated rings. The largest absolute Gasteiger partial charge is 0.508 e. The maximum atomic E-state index is 12.3. The molecule has 0 aliphatic heterocycles. The third-order valence-electron chi connectivity index (χ3n) is 2.20. The van der Waals surface area contributed by atoms with Crippen molar-refractivity contribution in [2.75, 3.05) is 6.61 Å².